The summed E-state index contributed by atoms with van der Waals surface area (Å²) in [6.07, 6.45) is 5.84. The third-order valence-electron chi connectivity index (χ3n) is 4.41. The number of ether oxygens (including phenoxy) is 1. The fourth-order valence-electron chi connectivity index (χ4n) is 3.40. The molecule has 0 atom stereocenters. The van der Waals surface area contributed by atoms with Crippen LogP contribution in [0.3, 0.4) is 0 Å². The molecule has 0 spiro atoms. The number of aromatic nitrogens is 2. The highest BCUT2D eigenvalue weighted by atomic mass is 32.2. The molecule has 1 aliphatic carbocycles. The van der Waals surface area contributed by atoms with E-state index < -0.39 is 0 Å². The summed E-state index contributed by atoms with van der Waals surface area (Å²) in [5, 5.41) is 3.43. The van der Waals surface area contributed by atoms with E-state index in [1.165, 1.54) is 30.5 Å². The van der Waals surface area contributed by atoms with Gasteiger partial charge in [0.1, 0.15) is 11.4 Å². The van der Waals surface area contributed by atoms with Gasteiger partial charge in [0.05, 0.1) is 5.69 Å². The predicted molar refractivity (Wildman–Crippen MR) is 87.6 cm³/mol. The van der Waals surface area contributed by atoms with Crippen molar-refractivity contribution in [1.29, 1.82) is 0 Å². The highest BCUT2D eigenvalue weighted by molar-refractivity contribution is 7.98. The van der Waals surface area contributed by atoms with Crippen molar-refractivity contribution in [1.82, 2.24) is 9.97 Å². The van der Waals surface area contributed by atoms with Gasteiger partial charge in [-0.3, -0.25) is 0 Å². The van der Waals surface area contributed by atoms with E-state index in [9.17, 15) is 0 Å². The van der Waals surface area contributed by atoms with Crippen LogP contribution in [0, 0.1) is 0 Å². The molecule has 1 saturated carbocycles. The van der Waals surface area contributed by atoms with E-state index in [2.05, 4.69) is 19.2 Å². The van der Waals surface area contributed by atoms with Crippen LogP contribution in [0.25, 0.3) is 0 Å². The van der Waals surface area contributed by atoms with Crippen LogP contribution in [0.15, 0.2) is 0 Å². The molecule has 1 aromatic heterocycles. The zero-order valence-electron chi connectivity index (χ0n) is 13.1. The van der Waals surface area contributed by atoms with Crippen LogP contribution in [0.5, 0.6) is 0 Å². The molecule has 3 rings (SSSR count). The first-order valence-electron chi connectivity index (χ1n) is 8.15. The van der Waals surface area contributed by atoms with Crippen LogP contribution < -0.4 is 5.32 Å². The number of fused-ring (bicyclic) bond motifs is 1. The van der Waals surface area contributed by atoms with Crippen LogP contribution in [-0.2, 0) is 21.8 Å². The normalized spacial score (nSPS) is 20.3. The third-order valence-corrected chi connectivity index (χ3v) is 5.38. The molecule has 5 heteroatoms. The van der Waals surface area contributed by atoms with Crippen LogP contribution in [0.1, 0.15) is 63.0 Å². The largest absolute Gasteiger partial charge is 0.370 e. The number of nitrogens with zero attached hydrogens (tertiary/aromatic N) is 2. The first kappa shape index (κ1) is 15.1. The molecule has 2 heterocycles. The van der Waals surface area contributed by atoms with Crippen molar-refractivity contribution < 1.29 is 4.74 Å². The van der Waals surface area contributed by atoms with Gasteiger partial charge in [-0.25, -0.2) is 9.97 Å². The van der Waals surface area contributed by atoms with Gasteiger partial charge in [0.25, 0.3) is 0 Å². The van der Waals surface area contributed by atoms with Gasteiger partial charge >= 0.3 is 0 Å². The van der Waals surface area contributed by atoms with E-state index >= 15 is 0 Å². The highest BCUT2D eigenvalue weighted by Gasteiger charge is 2.38. The van der Waals surface area contributed by atoms with Crippen LogP contribution in [-0.4, -0.2) is 23.1 Å². The summed E-state index contributed by atoms with van der Waals surface area (Å²) >= 11 is 1.93. The monoisotopic (exact) mass is 307 g/mol. The Balaban J connectivity index is 2.01. The Morgan fingerprint density at radius 3 is 2.67 bits per heavy atom. The molecule has 1 aromatic rings. The molecule has 21 heavy (non-hydrogen) atoms. The molecular weight excluding hydrogens is 282 g/mol. The standard InChI is InChI=1S/C16H25N3OS/c1-3-17-14-12-10-21-11-13(12)18-15(19-14)16(20-4-2)8-6-5-7-9-16/h3-11H2,1-2H3,(H,17,18,19). The quantitative estimate of drug-likeness (QED) is 0.895. The maximum atomic E-state index is 6.19. The summed E-state index contributed by atoms with van der Waals surface area (Å²) in [5.41, 5.74) is 2.26. The van der Waals surface area contributed by atoms with Crippen molar-refractivity contribution >= 4 is 17.6 Å². The van der Waals surface area contributed by atoms with Crippen molar-refractivity contribution in [2.24, 2.45) is 0 Å². The maximum absolute atomic E-state index is 6.19. The first-order chi connectivity index (χ1) is 10.3. The fourth-order valence-corrected chi connectivity index (χ4v) is 4.44. The van der Waals surface area contributed by atoms with Crippen molar-refractivity contribution in [3.63, 3.8) is 0 Å². The fraction of sp³-hybridized carbons (Fsp3) is 0.750. The van der Waals surface area contributed by atoms with Gasteiger partial charge in [0.15, 0.2) is 5.82 Å². The summed E-state index contributed by atoms with van der Waals surface area (Å²) in [6, 6.07) is 0. The van der Waals surface area contributed by atoms with E-state index in [-0.39, 0.29) is 5.60 Å². The zero-order chi connectivity index (χ0) is 14.7. The molecule has 0 bridgehead atoms. The second kappa shape index (κ2) is 6.53. The number of anilines is 1. The molecule has 0 radical (unpaired) electrons. The van der Waals surface area contributed by atoms with Gasteiger partial charge < -0.3 is 10.1 Å². The molecule has 4 nitrogen and oxygen atoms in total. The van der Waals surface area contributed by atoms with E-state index in [1.54, 1.807) is 0 Å². The average Bonchev–Trinajstić information content (AvgIpc) is 2.97. The average molecular weight is 307 g/mol. The number of hydrogen-bond acceptors (Lipinski definition) is 5. The number of rotatable bonds is 5. The summed E-state index contributed by atoms with van der Waals surface area (Å²) in [6.45, 7) is 5.82. The summed E-state index contributed by atoms with van der Waals surface area (Å²) < 4.78 is 6.19. The van der Waals surface area contributed by atoms with E-state index in [0.717, 1.165) is 49.1 Å². The van der Waals surface area contributed by atoms with Crippen LogP contribution >= 0.6 is 11.8 Å². The highest BCUT2D eigenvalue weighted by Crippen LogP contribution is 2.41. The molecule has 116 valence electrons. The molecule has 0 amide bonds. The van der Waals surface area contributed by atoms with Gasteiger partial charge in [-0.1, -0.05) is 19.3 Å². The topological polar surface area (TPSA) is 47.0 Å². The first-order valence-corrected chi connectivity index (χ1v) is 9.30. The van der Waals surface area contributed by atoms with E-state index in [1.807, 2.05) is 11.8 Å². The van der Waals surface area contributed by atoms with E-state index in [4.69, 9.17) is 14.7 Å². The lowest BCUT2D eigenvalue weighted by Crippen LogP contribution is -2.35. The Kier molecular flexibility index (Phi) is 4.69. The lowest BCUT2D eigenvalue weighted by Gasteiger charge is -2.36. The Bertz CT molecular complexity index is 495. The minimum absolute atomic E-state index is 0.251. The van der Waals surface area contributed by atoms with Gasteiger partial charge in [0.2, 0.25) is 0 Å². The summed E-state index contributed by atoms with van der Waals surface area (Å²) in [4.78, 5) is 9.80. The second-order valence-corrected chi connectivity index (χ2v) is 6.82. The molecular formula is C16H25N3OS. The molecule has 0 unspecified atom stereocenters. The van der Waals surface area contributed by atoms with Gasteiger partial charge in [-0.05, 0) is 26.7 Å². The molecule has 0 aromatic carbocycles. The molecule has 1 N–H and O–H groups in total. The third kappa shape index (κ3) is 2.90. The summed E-state index contributed by atoms with van der Waals surface area (Å²) in [5.74, 6) is 3.98. The van der Waals surface area contributed by atoms with Gasteiger partial charge in [0, 0.05) is 30.2 Å². The van der Waals surface area contributed by atoms with Gasteiger partial charge in [-0.15, -0.1) is 0 Å². The van der Waals surface area contributed by atoms with Crippen LogP contribution in [0.4, 0.5) is 5.82 Å². The number of hydrogen-bond donors (Lipinski definition) is 1. The lowest BCUT2D eigenvalue weighted by atomic mass is 9.83. The molecule has 1 aliphatic heterocycles. The number of nitrogens with one attached hydrogen (secondary N) is 1. The Hall–Kier alpha value is -0.810. The number of thioether (sulfide) groups is 1. The molecule has 2 aliphatic rings. The molecule has 0 saturated heterocycles. The Morgan fingerprint density at radius 2 is 1.95 bits per heavy atom. The predicted octanol–water partition coefficient (Wildman–Crippen LogP) is 3.85. The maximum Gasteiger partial charge on any atom is 0.162 e. The van der Waals surface area contributed by atoms with Gasteiger partial charge in [-0.2, -0.15) is 11.8 Å². The summed E-state index contributed by atoms with van der Waals surface area (Å²) in [7, 11) is 0. The lowest BCUT2D eigenvalue weighted by molar-refractivity contribution is -0.0767. The Morgan fingerprint density at radius 1 is 1.14 bits per heavy atom. The minimum Gasteiger partial charge on any atom is -0.370 e. The molecule has 1 fully saturated rings. The zero-order valence-corrected chi connectivity index (χ0v) is 13.9. The van der Waals surface area contributed by atoms with Crippen molar-refractivity contribution in [2.45, 2.75) is 63.1 Å². The van der Waals surface area contributed by atoms with E-state index in [0.29, 0.717) is 0 Å². The van der Waals surface area contributed by atoms with Crippen molar-refractivity contribution in [3.8, 4) is 0 Å². The van der Waals surface area contributed by atoms with Crippen LogP contribution in [0.2, 0.25) is 0 Å². The van der Waals surface area contributed by atoms with Crippen molar-refractivity contribution in [2.75, 3.05) is 18.5 Å². The SMILES string of the molecule is CCNc1nc(C2(OCC)CCCCC2)nc2c1CSC2. The van der Waals surface area contributed by atoms with Crippen molar-refractivity contribution in [3.05, 3.63) is 17.1 Å². The Labute approximate surface area is 131 Å². The second-order valence-electron chi connectivity index (χ2n) is 5.83. The smallest absolute Gasteiger partial charge is 0.162 e. The minimum atomic E-state index is -0.251.